The first kappa shape index (κ1) is 28.0. The number of amides is 2. The van der Waals surface area contributed by atoms with E-state index in [2.05, 4.69) is 15.6 Å². The zero-order valence-electron chi connectivity index (χ0n) is 23.0. The topological polar surface area (TPSA) is 111 Å². The Morgan fingerprint density at radius 2 is 1.88 bits per heavy atom. The van der Waals surface area contributed by atoms with E-state index in [1.165, 1.54) is 19.5 Å². The zero-order chi connectivity index (χ0) is 28.8. The van der Waals surface area contributed by atoms with Crippen molar-refractivity contribution >= 4 is 17.5 Å². The number of nitrogens with zero attached hydrogens (tertiary/aromatic N) is 2. The molecule has 2 aromatic carbocycles. The van der Waals surface area contributed by atoms with Gasteiger partial charge >= 0.3 is 0 Å². The standard InChI is InChI=1S/C30H33FN4O6/c1-38-26-7-3-19-4-8-29(36)33-15-20-5-6-21(14-27(20)39-2)41-25-10-12-35(24-9-11-32-16-22(24)31)17-23(25)34-30(37)18-40-28(26)13-19/h3,5-7,9,11,13-14,16,23,25H,4,8,10,12,15,17-18H2,1-2H3,(H,33,36)(H,34,37)/t23-,25+/m1/s1. The van der Waals surface area contributed by atoms with Crippen molar-refractivity contribution in [1.82, 2.24) is 15.6 Å². The summed E-state index contributed by atoms with van der Waals surface area (Å²) in [5.74, 6) is 1.10. The van der Waals surface area contributed by atoms with Gasteiger partial charge in [-0.3, -0.25) is 14.6 Å². The maximum absolute atomic E-state index is 14.6. The van der Waals surface area contributed by atoms with E-state index in [1.54, 1.807) is 31.4 Å². The van der Waals surface area contributed by atoms with Gasteiger partial charge in [0.2, 0.25) is 5.91 Å². The first-order valence-corrected chi connectivity index (χ1v) is 13.5. The molecule has 3 aliphatic rings. The van der Waals surface area contributed by atoms with Crippen molar-refractivity contribution in [3.63, 3.8) is 0 Å². The molecule has 1 saturated heterocycles. The lowest BCUT2D eigenvalue weighted by Crippen LogP contribution is -2.58. The number of aryl methyl sites for hydroxylation is 1. The molecule has 216 valence electrons. The van der Waals surface area contributed by atoms with Crippen molar-refractivity contribution < 1.29 is 32.9 Å². The Morgan fingerprint density at radius 1 is 1.02 bits per heavy atom. The van der Waals surface area contributed by atoms with Gasteiger partial charge in [0.15, 0.2) is 23.9 Å². The summed E-state index contributed by atoms with van der Waals surface area (Å²) in [6.45, 7) is 0.862. The monoisotopic (exact) mass is 564 g/mol. The number of fused-ring (bicyclic) bond motifs is 9. The molecule has 11 heteroatoms. The summed E-state index contributed by atoms with van der Waals surface area (Å²) < 4.78 is 37.8. The van der Waals surface area contributed by atoms with Gasteiger partial charge in [0.1, 0.15) is 17.6 Å². The summed E-state index contributed by atoms with van der Waals surface area (Å²) in [6, 6.07) is 12.0. The number of carbonyl (C=O) groups is 2. The lowest BCUT2D eigenvalue weighted by molar-refractivity contribution is -0.124. The molecule has 0 aliphatic carbocycles. The Morgan fingerprint density at radius 3 is 2.68 bits per heavy atom. The lowest BCUT2D eigenvalue weighted by atomic mass is 10.0. The molecule has 3 aromatic rings. The van der Waals surface area contributed by atoms with Crippen LogP contribution < -0.4 is 34.5 Å². The number of hydrogen-bond acceptors (Lipinski definition) is 8. The second-order valence-electron chi connectivity index (χ2n) is 9.92. The van der Waals surface area contributed by atoms with Crippen molar-refractivity contribution in [2.24, 2.45) is 0 Å². The summed E-state index contributed by atoms with van der Waals surface area (Å²) in [5, 5.41) is 5.97. The molecule has 41 heavy (non-hydrogen) atoms. The number of rotatable bonds is 3. The van der Waals surface area contributed by atoms with E-state index in [0.717, 1.165) is 11.1 Å². The molecule has 0 radical (unpaired) electrons. The van der Waals surface area contributed by atoms with Gasteiger partial charge in [0, 0.05) is 50.3 Å². The molecule has 6 rings (SSSR count). The van der Waals surface area contributed by atoms with Gasteiger partial charge in [0.25, 0.3) is 5.91 Å². The number of hydrogen-bond donors (Lipinski definition) is 2. The molecule has 2 N–H and O–H groups in total. The molecule has 0 saturated carbocycles. The first-order chi connectivity index (χ1) is 19.9. The number of ether oxygens (including phenoxy) is 4. The van der Waals surface area contributed by atoms with E-state index in [4.69, 9.17) is 18.9 Å². The minimum absolute atomic E-state index is 0.108. The predicted molar refractivity (Wildman–Crippen MR) is 149 cm³/mol. The quantitative estimate of drug-likeness (QED) is 0.500. The van der Waals surface area contributed by atoms with Crippen LogP contribution in [0.25, 0.3) is 0 Å². The third kappa shape index (κ3) is 6.79. The molecule has 2 amide bonds. The third-order valence-electron chi connectivity index (χ3n) is 7.24. The highest BCUT2D eigenvalue weighted by Crippen LogP contribution is 2.30. The minimum Gasteiger partial charge on any atom is -0.496 e. The Bertz CT molecular complexity index is 1400. The van der Waals surface area contributed by atoms with E-state index in [-0.39, 0.29) is 24.8 Å². The number of carbonyl (C=O) groups excluding carboxylic acids is 2. The van der Waals surface area contributed by atoms with Gasteiger partial charge in [-0.1, -0.05) is 6.07 Å². The van der Waals surface area contributed by atoms with E-state index in [9.17, 15) is 14.0 Å². The SMILES string of the molecule is COc1cc2ccc1CNC(=O)CCc1ccc(OC)c(c1)OCC(=O)N[C@@H]1CN(c3ccncc3F)CC[C@@H]1O2. The average Bonchev–Trinajstić information content (AvgIpc) is 2.99. The lowest BCUT2D eigenvalue weighted by Gasteiger charge is -2.40. The van der Waals surface area contributed by atoms with Crippen molar-refractivity contribution in [2.45, 2.75) is 38.0 Å². The van der Waals surface area contributed by atoms with E-state index in [1.807, 2.05) is 23.1 Å². The van der Waals surface area contributed by atoms with Gasteiger partial charge in [-0.15, -0.1) is 0 Å². The molecular formula is C30H33FN4O6. The highest BCUT2D eigenvalue weighted by Gasteiger charge is 2.33. The van der Waals surface area contributed by atoms with Crippen LogP contribution in [0.1, 0.15) is 24.0 Å². The molecule has 4 bridgehead atoms. The first-order valence-electron chi connectivity index (χ1n) is 13.5. The number of anilines is 1. The second kappa shape index (κ2) is 12.8. The van der Waals surface area contributed by atoms with Crippen LogP contribution in [-0.4, -0.2) is 62.9 Å². The highest BCUT2D eigenvalue weighted by molar-refractivity contribution is 5.78. The molecular weight excluding hydrogens is 531 g/mol. The fourth-order valence-corrected chi connectivity index (χ4v) is 5.09. The van der Waals surface area contributed by atoms with Crippen LogP contribution in [0.15, 0.2) is 54.9 Å². The molecule has 1 fully saturated rings. The van der Waals surface area contributed by atoms with Crippen LogP contribution >= 0.6 is 0 Å². The molecule has 4 heterocycles. The highest BCUT2D eigenvalue weighted by atomic mass is 19.1. The van der Waals surface area contributed by atoms with Crippen molar-refractivity contribution in [1.29, 1.82) is 0 Å². The number of benzene rings is 2. The largest absolute Gasteiger partial charge is 0.496 e. The van der Waals surface area contributed by atoms with Crippen LogP contribution in [0.5, 0.6) is 23.0 Å². The summed E-state index contributed by atoms with van der Waals surface area (Å²) in [6.07, 6.45) is 3.58. The third-order valence-corrected chi connectivity index (χ3v) is 7.24. The number of piperidine rings is 1. The molecule has 0 spiro atoms. The van der Waals surface area contributed by atoms with Crippen molar-refractivity contribution in [3.8, 4) is 23.0 Å². The van der Waals surface area contributed by atoms with Crippen molar-refractivity contribution in [2.75, 3.05) is 38.8 Å². The summed E-state index contributed by atoms with van der Waals surface area (Å²) >= 11 is 0. The summed E-state index contributed by atoms with van der Waals surface area (Å²) in [5.41, 5.74) is 2.08. The van der Waals surface area contributed by atoms with E-state index in [0.29, 0.717) is 61.2 Å². The Kier molecular flexibility index (Phi) is 8.71. The molecule has 0 unspecified atom stereocenters. The van der Waals surface area contributed by atoms with Gasteiger partial charge in [-0.2, -0.15) is 0 Å². The number of pyridine rings is 1. The minimum atomic E-state index is -0.479. The molecule has 10 nitrogen and oxygen atoms in total. The normalized spacial score (nSPS) is 19.7. The van der Waals surface area contributed by atoms with Gasteiger partial charge < -0.3 is 34.5 Å². The predicted octanol–water partition coefficient (Wildman–Crippen LogP) is 3.02. The zero-order valence-corrected chi connectivity index (χ0v) is 23.0. The summed E-state index contributed by atoms with van der Waals surface area (Å²) in [7, 11) is 3.08. The molecule has 1 aromatic heterocycles. The number of nitrogens with one attached hydrogen (secondary N) is 2. The Hall–Kier alpha value is -4.54. The smallest absolute Gasteiger partial charge is 0.258 e. The van der Waals surface area contributed by atoms with Crippen molar-refractivity contribution in [3.05, 3.63) is 71.8 Å². The maximum Gasteiger partial charge on any atom is 0.258 e. The average molecular weight is 565 g/mol. The van der Waals surface area contributed by atoms with Crippen LogP contribution in [0, 0.1) is 5.82 Å². The Balaban J connectivity index is 1.43. The second-order valence-corrected chi connectivity index (χ2v) is 9.92. The van der Waals surface area contributed by atoms with Crippen LogP contribution in [0.3, 0.4) is 0 Å². The fraction of sp³-hybridized carbons (Fsp3) is 0.367. The van der Waals surface area contributed by atoms with E-state index >= 15 is 0 Å². The van der Waals surface area contributed by atoms with Crippen LogP contribution in [0.4, 0.5) is 10.1 Å². The molecule has 2 atom stereocenters. The van der Waals surface area contributed by atoms with Gasteiger partial charge in [0.05, 0.1) is 32.1 Å². The number of aromatic nitrogens is 1. The molecule has 3 aliphatic heterocycles. The Labute approximate surface area is 237 Å². The van der Waals surface area contributed by atoms with E-state index < -0.39 is 18.0 Å². The van der Waals surface area contributed by atoms with Gasteiger partial charge in [-0.05, 0) is 42.3 Å². The number of halogens is 1. The summed E-state index contributed by atoms with van der Waals surface area (Å²) in [4.78, 5) is 31.4. The maximum atomic E-state index is 14.6. The fourth-order valence-electron chi connectivity index (χ4n) is 5.09. The number of methoxy groups -OCH3 is 2. The van der Waals surface area contributed by atoms with Gasteiger partial charge in [-0.25, -0.2) is 4.39 Å². The van der Waals surface area contributed by atoms with Crippen LogP contribution in [-0.2, 0) is 22.6 Å². The van der Waals surface area contributed by atoms with Crippen LogP contribution in [0.2, 0.25) is 0 Å².